The first kappa shape index (κ1) is 20.2. The number of carbonyl (C=O) groups excluding carboxylic acids is 1. The Hall–Kier alpha value is -2.70. The molecule has 2 aromatic rings. The highest BCUT2D eigenvalue weighted by molar-refractivity contribution is 5.74. The van der Waals surface area contributed by atoms with Crippen LogP contribution in [0, 0.1) is 31.5 Å². The maximum absolute atomic E-state index is 14.0. The molecular formula is C24H30FN5O. The molecule has 4 heterocycles. The van der Waals surface area contributed by atoms with E-state index in [1.165, 1.54) is 18.9 Å². The van der Waals surface area contributed by atoms with Gasteiger partial charge in [0, 0.05) is 62.7 Å². The molecule has 3 fully saturated rings. The summed E-state index contributed by atoms with van der Waals surface area (Å²) in [5.74, 6) is 2.26. The molecule has 1 aromatic carbocycles. The summed E-state index contributed by atoms with van der Waals surface area (Å²) in [6.45, 7) is 10.2. The number of nitrogens with zero attached hydrogens (tertiary/aromatic N) is 5. The first-order valence-corrected chi connectivity index (χ1v) is 11.3. The monoisotopic (exact) mass is 423 g/mol. The van der Waals surface area contributed by atoms with Crippen LogP contribution in [0.15, 0.2) is 24.3 Å². The number of aromatic nitrogens is 2. The number of amides is 1. The van der Waals surface area contributed by atoms with Gasteiger partial charge in [0.15, 0.2) is 0 Å². The molecule has 0 saturated carbocycles. The number of aryl methyl sites for hydroxylation is 1. The molecular weight excluding hydrogens is 393 g/mol. The van der Waals surface area contributed by atoms with E-state index in [1.54, 1.807) is 19.1 Å². The predicted molar refractivity (Wildman–Crippen MR) is 119 cm³/mol. The fraction of sp³-hybridized carbons (Fsp3) is 0.542. The fourth-order valence-electron chi connectivity index (χ4n) is 5.63. The molecule has 164 valence electrons. The largest absolute Gasteiger partial charge is 0.355 e. The molecule has 0 N–H and O–H groups in total. The lowest BCUT2D eigenvalue weighted by atomic mass is 9.89. The summed E-state index contributed by atoms with van der Waals surface area (Å²) in [6, 6.07) is 6.63. The molecule has 0 aliphatic carbocycles. The van der Waals surface area contributed by atoms with Crippen LogP contribution in [0.25, 0.3) is 0 Å². The molecule has 7 heteroatoms. The average Bonchev–Trinajstić information content (AvgIpc) is 3.45. The van der Waals surface area contributed by atoms with Crippen LogP contribution in [-0.2, 0) is 4.79 Å². The fourth-order valence-corrected chi connectivity index (χ4v) is 5.63. The Balaban J connectivity index is 1.46. The number of rotatable bonds is 3. The molecule has 3 aliphatic heterocycles. The van der Waals surface area contributed by atoms with E-state index in [4.69, 9.17) is 9.97 Å². The number of hydrogen-bond acceptors (Lipinski definition) is 5. The molecule has 5 rings (SSSR count). The molecule has 0 bridgehead atoms. The lowest BCUT2D eigenvalue weighted by Crippen LogP contribution is -2.35. The number of halogens is 1. The quantitative estimate of drug-likeness (QED) is 0.757. The summed E-state index contributed by atoms with van der Waals surface area (Å²) in [5.41, 5.74) is 3.03. The highest BCUT2D eigenvalue weighted by Gasteiger charge is 2.49. The van der Waals surface area contributed by atoms with Crippen LogP contribution in [-0.4, -0.2) is 53.5 Å². The van der Waals surface area contributed by atoms with E-state index in [2.05, 4.69) is 23.6 Å². The second-order valence-corrected chi connectivity index (χ2v) is 9.25. The van der Waals surface area contributed by atoms with Crippen molar-refractivity contribution in [2.24, 2.45) is 11.8 Å². The topological polar surface area (TPSA) is 52.6 Å². The minimum absolute atomic E-state index is 0.0561. The van der Waals surface area contributed by atoms with Crippen LogP contribution in [0.5, 0.6) is 0 Å². The number of likely N-dealkylation sites (tertiary alicyclic amines) is 1. The molecule has 3 saturated heterocycles. The highest BCUT2D eigenvalue weighted by Crippen LogP contribution is 2.46. The van der Waals surface area contributed by atoms with E-state index in [1.807, 2.05) is 11.0 Å². The summed E-state index contributed by atoms with van der Waals surface area (Å²) in [5, 5.41) is 0. The summed E-state index contributed by atoms with van der Waals surface area (Å²) >= 11 is 0. The van der Waals surface area contributed by atoms with Gasteiger partial charge >= 0.3 is 0 Å². The predicted octanol–water partition coefficient (Wildman–Crippen LogP) is 3.49. The van der Waals surface area contributed by atoms with Gasteiger partial charge in [0.25, 0.3) is 0 Å². The van der Waals surface area contributed by atoms with Gasteiger partial charge in [-0.05, 0) is 44.4 Å². The van der Waals surface area contributed by atoms with Gasteiger partial charge in [-0.2, -0.15) is 4.98 Å². The number of fused-ring (bicyclic) bond motifs is 1. The van der Waals surface area contributed by atoms with Crippen molar-refractivity contribution in [3.8, 4) is 0 Å². The third-order valence-electron chi connectivity index (χ3n) is 7.30. The van der Waals surface area contributed by atoms with E-state index in [0.717, 1.165) is 54.8 Å². The first-order chi connectivity index (χ1) is 14.9. The second kappa shape index (κ2) is 7.77. The molecule has 3 aliphatic rings. The van der Waals surface area contributed by atoms with Gasteiger partial charge in [0.05, 0.1) is 6.04 Å². The van der Waals surface area contributed by atoms with Crippen LogP contribution >= 0.6 is 0 Å². The van der Waals surface area contributed by atoms with Gasteiger partial charge in [-0.15, -0.1) is 0 Å². The average molecular weight is 424 g/mol. The lowest BCUT2D eigenvalue weighted by Gasteiger charge is -2.30. The van der Waals surface area contributed by atoms with Crippen molar-refractivity contribution in [3.05, 3.63) is 46.9 Å². The van der Waals surface area contributed by atoms with E-state index in [0.29, 0.717) is 12.5 Å². The number of anilines is 2. The molecule has 1 aromatic heterocycles. The summed E-state index contributed by atoms with van der Waals surface area (Å²) in [4.78, 5) is 28.7. The summed E-state index contributed by atoms with van der Waals surface area (Å²) in [7, 11) is 0. The van der Waals surface area contributed by atoms with E-state index < -0.39 is 0 Å². The molecule has 1 amide bonds. The van der Waals surface area contributed by atoms with Gasteiger partial charge in [-0.25, -0.2) is 9.37 Å². The van der Waals surface area contributed by atoms with E-state index in [-0.39, 0.29) is 23.7 Å². The standard InChI is InChI=1S/C24H30FN5O/c1-15-16(2)26-24(28-9-4-5-10-28)27-23(15)29-12-19-13-30(17(3)31)22(21(19)14-29)18-7-6-8-20(25)11-18/h6-8,11,19,21-22H,4-5,9-10,12-14H2,1-3H3/t19-,21-,22+/m1/s1. The third-order valence-corrected chi connectivity index (χ3v) is 7.30. The SMILES string of the molecule is CC(=O)N1C[C@H]2CN(c3nc(N4CCCC4)nc(C)c3C)C[C@H]2[C@@H]1c1cccc(F)c1. The number of carbonyl (C=O) groups is 1. The Morgan fingerprint density at radius 3 is 2.55 bits per heavy atom. The van der Waals surface area contributed by atoms with Gasteiger partial charge in [0.1, 0.15) is 11.6 Å². The smallest absolute Gasteiger partial charge is 0.227 e. The Kier molecular flexibility index (Phi) is 5.07. The van der Waals surface area contributed by atoms with Crippen LogP contribution in [0.4, 0.5) is 16.2 Å². The molecule has 6 nitrogen and oxygen atoms in total. The van der Waals surface area contributed by atoms with Gasteiger partial charge in [0.2, 0.25) is 11.9 Å². The van der Waals surface area contributed by atoms with Crippen LogP contribution in [0.3, 0.4) is 0 Å². The lowest BCUT2D eigenvalue weighted by molar-refractivity contribution is -0.130. The van der Waals surface area contributed by atoms with Crippen LogP contribution in [0.1, 0.15) is 42.6 Å². The van der Waals surface area contributed by atoms with E-state index in [9.17, 15) is 9.18 Å². The zero-order chi connectivity index (χ0) is 21.7. The zero-order valence-electron chi connectivity index (χ0n) is 18.5. The van der Waals surface area contributed by atoms with Crippen LogP contribution in [0.2, 0.25) is 0 Å². The Morgan fingerprint density at radius 2 is 1.84 bits per heavy atom. The summed E-state index contributed by atoms with van der Waals surface area (Å²) in [6.07, 6.45) is 2.38. The highest BCUT2D eigenvalue weighted by atomic mass is 19.1. The van der Waals surface area contributed by atoms with Crippen molar-refractivity contribution >= 4 is 17.7 Å². The molecule has 0 unspecified atom stereocenters. The molecule has 0 spiro atoms. The molecule has 0 radical (unpaired) electrons. The number of hydrogen-bond donors (Lipinski definition) is 0. The van der Waals surface area contributed by atoms with Crippen molar-refractivity contribution < 1.29 is 9.18 Å². The Morgan fingerprint density at radius 1 is 1.06 bits per heavy atom. The minimum atomic E-state index is -0.253. The van der Waals surface area contributed by atoms with Crippen molar-refractivity contribution in [1.82, 2.24) is 14.9 Å². The maximum Gasteiger partial charge on any atom is 0.227 e. The molecule has 31 heavy (non-hydrogen) atoms. The maximum atomic E-state index is 14.0. The Labute approximate surface area is 183 Å². The van der Waals surface area contributed by atoms with Crippen molar-refractivity contribution in [3.63, 3.8) is 0 Å². The zero-order valence-corrected chi connectivity index (χ0v) is 18.5. The van der Waals surface area contributed by atoms with E-state index >= 15 is 0 Å². The van der Waals surface area contributed by atoms with Gasteiger partial charge in [-0.3, -0.25) is 4.79 Å². The number of benzene rings is 1. The third kappa shape index (κ3) is 3.54. The van der Waals surface area contributed by atoms with Crippen molar-refractivity contribution in [1.29, 1.82) is 0 Å². The van der Waals surface area contributed by atoms with Gasteiger partial charge in [-0.1, -0.05) is 12.1 Å². The van der Waals surface area contributed by atoms with Crippen molar-refractivity contribution in [2.45, 2.75) is 39.7 Å². The summed E-state index contributed by atoms with van der Waals surface area (Å²) < 4.78 is 14.0. The first-order valence-electron chi connectivity index (χ1n) is 11.3. The normalized spacial score (nSPS) is 25.4. The van der Waals surface area contributed by atoms with Gasteiger partial charge < -0.3 is 14.7 Å². The Bertz CT molecular complexity index is 1010. The van der Waals surface area contributed by atoms with Crippen molar-refractivity contribution in [2.75, 3.05) is 42.5 Å². The second-order valence-electron chi connectivity index (χ2n) is 9.25. The minimum Gasteiger partial charge on any atom is -0.355 e. The molecule has 3 atom stereocenters. The van der Waals surface area contributed by atoms with Crippen LogP contribution < -0.4 is 9.80 Å².